The van der Waals surface area contributed by atoms with Gasteiger partial charge in [-0.1, -0.05) is 0 Å². The molecule has 0 spiro atoms. The molecule has 2 aliphatic rings. The average molecular weight is 264 g/mol. The molecule has 102 valence electrons. The van der Waals surface area contributed by atoms with E-state index in [1.165, 1.54) is 0 Å². The predicted molar refractivity (Wildman–Crippen MR) is 68.8 cm³/mol. The predicted octanol–water partition coefficient (Wildman–Crippen LogP) is 0.620. The number of anilines is 1. The maximum Gasteiger partial charge on any atom is 0.322 e. The quantitative estimate of drug-likeness (QED) is 0.845. The lowest BCUT2D eigenvalue weighted by Gasteiger charge is -2.38. The van der Waals surface area contributed by atoms with E-state index in [-0.39, 0.29) is 6.79 Å². The summed E-state index contributed by atoms with van der Waals surface area (Å²) < 4.78 is 10.6. The molecule has 1 unspecified atom stereocenters. The molecule has 1 atom stereocenters. The monoisotopic (exact) mass is 264 g/mol. The summed E-state index contributed by atoms with van der Waals surface area (Å²) in [6.07, 6.45) is 0. The number of carboxylic acids is 1. The Hall–Kier alpha value is -1.95. The van der Waals surface area contributed by atoms with Gasteiger partial charge in [0, 0.05) is 31.4 Å². The summed E-state index contributed by atoms with van der Waals surface area (Å²) in [5, 5.41) is 9.22. The summed E-state index contributed by atoms with van der Waals surface area (Å²) in [5.74, 6) is 0.684. The van der Waals surface area contributed by atoms with Crippen LogP contribution in [-0.4, -0.2) is 55.5 Å². The molecule has 0 amide bonds. The van der Waals surface area contributed by atoms with E-state index in [4.69, 9.17) is 9.47 Å². The van der Waals surface area contributed by atoms with Crippen LogP contribution in [0.15, 0.2) is 18.2 Å². The Morgan fingerprint density at radius 3 is 2.89 bits per heavy atom. The number of ether oxygens (including phenoxy) is 2. The van der Waals surface area contributed by atoms with Crippen LogP contribution in [0, 0.1) is 0 Å². The molecule has 1 N–H and O–H groups in total. The Balaban J connectivity index is 1.80. The molecule has 3 rings (SSSR count). The van der Waals surface area contributed by atoms with Crippen molar-refractivity contribution in [1.29, 1.82) is 0 Å². The van der Waals surface area contributed by atoms with Gasteiger partial charge in [-0.25, -0.2) is 0 Å². The maximum atomic E-state index is 11.2. The van der Waals surface area contributed by atoms with Gasteiger partial charge in [0.15, 0.2) is 11.5 Å². The SMILES string of the molecule is CN1CCN(c2ccc3c(c2)OCO3)CC1C(=O)O. The van der Waals surface area contributed by atoms with Crippen molar-refractivity contribution in [1.82, 2.24) is 4.90 Å². The number of piperazine rings is 1. The van der Waals surface area contributed by atoms with Gasteiger partial charge in [-0.2, -0.15) is 0 Å². The van der Waals surface area contributed by atoms with E-state index in [1.54, 1.807) is 0 Å². The van der Waals surface area contributed by atoms with Gasteiger partial charge in [0.1, 0.15) is 6.04 Å². The molecule has 0 aliphatic carbocycles. The standard InChI is InChI=1S/C13H16N2O4/c1-14-4-5-15(7-10(14)13(16)17)9-2-3-11-12(6-9)19-8-18-11/h2-3,6,10H,4-5,7-8H2,1H3,(H,16,17). The third-order valence-electron chi connectivity index (χ3n) is 3.65. The van der Waals surface area contributed by atoms with Crippen molar-refractivity contribution in [2.45, 2.75) is 6.04 Å². The minimum atomic E-state index is -0.784. The van der Waals surface area contributed by atoms with Gasteiger partial charge in [0.2, 0.25) is 6.79 Å². The molecule has 2 heterocycles. The minimum absolute atomic E-state index is 0.249. The summed E-state index contributed by atoms with van der Waals surface area (Å²) in [6.45, 7) is 2.26. The number of aliphatic carboxylic acids is 1. The van der Waals surface area contributed by atoms with E-state index in [0.29, 0.717) is 6.54 Å². The van der Waals surface area contributed by atoms with Crippen molar-refractivity contribution in [2.24, 2.45) is 0 Å². The highest BCUT2D eigenvalue weighted by molar-refractivity contribution is 5.75. The topological polar surface area (TPSA) is 62.2 Å². The van der Waals surface area contributed by atoms with Crippen LogP contribution >= 0.6 is 0 Å². The Morgan fingerprint density at radius 1 is 1.32 bits per heavy atom. The van der Waals surface area contributed by atoms with Gasteiger partial charge in [-0.05, 0) is 19.2 Å². The highest BCUT2D eigenvalue weighted by Gasteiger charge is 2.30. The fourth-order valence-corrected chi connectivity index (χ4v) is 2.46. The molecule has 1 aromatic carbocycles. The number of nitrogens with zero attached hydrogens (tertiary/aromatic N) is 2. The van der Waals surface area contributed by atoms with Gasteiger partial charge in [-0.3, -0.25) is 9.69 Å². The van der Waals surface area contributed by atoms with Crippen molar-refractivity contribution < 1.29 is 19.4 Å². The Kier molecular flexibility index (Phi) is 2.94. The second-order valence-electron chi connectivity index (χ2n) is 4.82. The van der Waals surface area contributed by atoms with E-state index < -0.39 is 12.0 Å². The zero-order chi connectivity index (χ0) is 13.4. The summed E-state index contributed by atoms with van der Waals surface area (Å²) >= 11 is 0. The van der Waals surface area contributed by atoms with Gasteiger partial charge in [0.25, 0.3) is 0 Å². The van der Waals surface area contributed by atoms with Crippen LogP contribution in [0.25, 0.3) is 0 Å². The van der Waals surface area contributed by atoms with E-state index in [1.807, 2.05) is 30.1 Å². The number of carbonyl (C=O) groups is 1. The fraction of sp³-hybridized carbons (Fsp3) is 0.462. The van der Waals surface area contributed by atoms with Crippen LogP contribution in [0.1, 0.15) is 0 Å². The number of hydrogen-bond donors (Lipinski definition) is 1. The Bertz CT molecular complexity index is 505. The van der Waals surface area contributed by atoms with Crippen LogP contribution in [0.3, 0.4) is 0 Å². The second-order valence-corrected chi connectivity index (χ2v) is 4.82. The Morgan fingerprint density at radius 2 is 2.11 bits per heavy atom. The van der Waals surface area contributed by atoms with Gasteiger partial charge in [0.05, 0.1) is 0 Å². The first-order valence-corrected chi connectivity index (χ1v) is 6.23. The van der Waals surface area contributed by atoms with Gasteiger partial charge in [-0.15, -0.1) is 0 Å². The number of likely N-dealkylation sites (N-methyl/N-ethyl adjacent to an activating group) is 1. The van der Waals surface area contributed by atoms with E-state index in [2.05, 4.69) is 4.90 Å². The molecule has 0 aromatic heterocycles. The van der Waals surface area contributed by atoms with E-state index in [0.717, 1.165) is 30.3 Å². The van der Waals surface area contributed by atoms with Crippen LogP contribution in [0.2, 0.25) is 0 Å². The molecule has 1 saturated heterocycles. The zero-order valence-corrected chi connectivity index (χ0v) is 10.7. The van der Waals surface area contributed by atoms with Crippen LogP contribution in [-0.2, 0) is 4.79 Å². The van der Waals surface area contributed by atoms with E-state index in [9.17, 15) is 9.90 Å². The third kappa shape index (κ3) is 2.19. The molecule has 19 heavy (non-hydrogen) atoms. The fourth-order valence-electron chi connectivity index (χ4n) is 2.46. The van der Waals surface area contributed by atoms with Crippen LogP contribution in [0.4, 0.5) is 5.69 Å². The molecule has 1 aromatic rings. The molecular formula is C13H16N2O4. The number of carboxylic acid groups (broad SMARTS) is 1. The largest absolute Gasteiger partial charge is 0.480 e. The zero-order valence-electron chi connectivity index (χ0n) is 10.7. The lowest BCUT2D eigenvalue weighted by atomic mass is 10.1. The van der Waals surface area contributed by atoms with Crippen molar-refractivity contribution >= 4 is 11.7 Å². The molecular weight excluding hydrogens is 248 g/mol. The maximum absolute atomic E-state index is 11.2. The Labute approximate surface area is 111 Å². The lowest BCUT2D eigenvalue weighted by Crippen LogP contribution is -2.54. The van der Waals surface area contributed by atoms with Crippen LogP contribution in [0.5, 0.6) is 11.5 Å². The second kappa shape index (κ2) is 4.62. The first kappa shape index (κ1) is 12.1. The normalized spacial score (nSPS) is 22.6. The smallest absolute Gasteiger partial charge is 0.322 e. The number of benzene rings is 1. The average Bonchev–Trinajstić information content (AvgIpc) is 2.86. The van der Waals surface area contributed by atoms with E-state index >= 15 is 0 Å². The number of hydrogen-bond acceptors (Lipinski definition) is 5. The van der Waals surface area contributed by atoms with Crippen molar-refractivity contribution in [3.05, 3.63) is 18.2 Å². The third-order valence-corrected chi connectivity index (χ3v) is 3.65. The highest BCUT2D eigenvalue weighted by Crippen LogP contribution is 2.35. The lowest BCUT2D eigenvalue weighted by molar-refractivity contribution is -0.142. The molecule has 0 bridgehead atoms. The first-order chi connectivity index (χ1) is 9.15. The van der Waals surface area contributed by atoms with Gasteiger partial charge < -0.3 is 19.5 Å². The van der Waals surface area contributed by atoms with Crippen molar-refractivity contribution in [2.75, 3.05) is 38.4 Å². The van der Waals surface area contributed by atoms with Gasteiger partial charge >= 0.3 is 5.97 Å². The van der Waals surface area contributed by atoms with Crippen molar-refractivity contribution in [3.8, 4) is 11.5 Å². The first-order valence-electron chi connectivity index (χ1n) is 6.23. The molecule has 2 aliphatic heterocycles. The molecule has 6 heteroatoms. The summed E-state index contributed by atoms with van der Waals surface area (Å²) in [7, 11) is 1.84. The molecule has 0 saturated carbocycles. The summed E-state index contributed by atoms with van der Waals surface area (Å²) in [4.78, 5) is 15.2. The molecule has 1 fully saturated rings. The number of rotatable bonds is 2. The number of fused-ring (bicyclic) bond motifs is 1. The minimum Gasteiger partial charge on any atom is -0.480 e. The van der Waals surface area contributed by atoms with Crippen LogP contribution < -0.4 is 14.4 Å². The summed E-state index contributed by atoms with van der Waals surface area (Å²) in [5.41, 5.74) is 0.976. The molecule has 0 radical (unpaired) electrons. The summed E-state index contributed by atoms with van der Waals surface area (Å²) in [6, 6.07) is 5.25. The molecule has 6 nitrogen and oxygen atoms in total. The van der Waals surface area contributed by atoms with Crippen molar-refractivity contribution in [3.63, 3.8) is 0 Å². The highest BCUT2D eigenvalue weighted by atomic mass is 16.7.